The lowest BCUT2D eigenvalue weighted by atomic mass is 10.2. The molecular weight excluding hydrogens is 443 g/mol. The number of carbonyl (C=O) groups excluding carboxylic acids is 1. The van der Waals surface area contributed by atoms with Crippen LogP contribution < -0.4 is 10.0 Å². The first-order valence-electron chi connectivity index (χ1n) is 8.86. The summed E-state index contributed by atoms with van der Waals surface area (Å²) in [6.07, 6.45) is 0. The number of aryl methyl sites for hydroxylation is 1. The molecule has 0 aliphatic heterocycles. The monoisotopic (exact) mass is 458 g/mol. The summed E-state index contributed by atoms with van der Waals surface area (Å²) in [7, 11) is -3.67. The van der Waals surface area contributed by atoms with Crippen molar-refractivity contribution in [3.05, 3.63) is 77.2 Å². The second-order valence-electron chi connectivity index (χ2n) is 6.37. The number of hydrogen-bond acceptors (Lipinski definition) is 7. The molecule has 0 spiro atoms. The molecule has 1 amide bonds. The highest BCUT2D eigenvalue weighted by atomic mass is 32.2. The average molecular weight is 459 g/mol. The van der Waals surface area contributed by atoms with E-state index < -0.39 is 21.7 Å². The van der Waals surface area contributed by atoms with Crippen LogP contribution in [0.1, 0.15) is 16.2 Å². The molecule has 4 aromatic rings. The lowest BCUT2D eigenvalue weighted by Crippen LogP contribution is -2.14. The Balaban J connectivity index is 1.49. The number of anilines is 2. The van der Waals surface area contributed by atoms with Gasteiger partial charge < -0.3 is 5.32 Å². The predicted molar refractivity (Wildman–Crippen MR) is 113 cm³/mol. The topological polar surface area (TPSA) is 119 Å². The van der Waals surface area contributed by atoms with Crippen molar-refractivity contribution in [1.29, 1.82) is 0 Å². The van der Waals surface area contributed by atoms with Gasteiger partial charge in [0.05, 0.1) is 0 Å². The third kappa shape index (κ3) is 4.44. The molecule has 0 atom stereocenters. The summed E-state index contributed by atoms with van der Waals surface area (Å²) in [6.45, 7) is 1.62. The van der Waals surface area contributed by atoms with Crippen molar-refractivity contribution in [2.45, 2.75) is 11.1 Å². The Morgan fingerprint density at radius 1 is 1.10 bits per heavy atom. The predicted octanol–water partition coefficient (Wildman–Crippen LogP) is 3.22. The fraction of sp³-hybridized carbons (Fsp3) is 0.0526. The number of rotatable bonds is 6. The summed E-state index contributed by atoms with van der Waals surface area (Å²) in [4.78, 5) is 12.6. The molecule has 31 heavy (non-hydrogen) atoms. The van der Waals surface area contributed by atoms with Gasteiger partial charge in [0.25, 0.3) is 15.9 Å². The Morgan fingerprint density at radius 2 is 1.84 bits per heavy atom. The molecule has 0 saturated heterocycles. The summed E-state index contributed by atoms with van der Waals surface area (Å²) < 4.78 is 42.6. The number of sulfonamides is 1. The molecule has 0 unspecified atom stereocenters. The van der Waals surface area contributed by atoms with Crippen molar-refractivity contribution >= 4 is 38.6 Å². The number of nitrogens with zero attached hydrogens (tertiary/aromatic N) is 4. The van der Waals surface area contributed by atoms with Crippen molar-refractivity contribution in [3.63, 3.8) is 0 Å². The van der Waals surface area contributed by atoms with Crippen LogP contribution in [0.5, 0.6) is 0 Å². The summed E-state index contributed by atoms with van der Waals surface area (Å²) in [5, 5.41) is 15.3. The molecule has 2 N–H and O–H groups in total. The van der Waals surface area contributed by atoms with Crippen LogP contribution in [0.4, 0.5) is 15.8 Å². The zero-order valence-corrected chi connectivity index (χ0v) is 17.6. The number of tetrazole rings is 1. The lowest BCUT2D eigenvalue weighted by Gasteiger charge is -2.10. The Kier molecular flexibility index (Phi) is 5.48. The van der Waals surface area contributed by atoms with Gasteiger partial charge in [-0.25, -0.2) is 12.8 Å². The molecule has 9 nitrogen and oxygen atoms in total. The van der Waals surface area contributed by atoms with Gasteiger partial charge in [0, 0.05) is 16.9 Å². The van der Waals surface area contributed by atoms with Gasteiger partial charge in [0.2, 0.25) is 0 Å². The first-order valence-corrected chi connectivity index (χ1v) is 11.2. The van der Waals surface area contributed by atoms with Gasteiger partial charge in [-0.15, -0.1) is 16.4 Å². The Bertz CT molecular complexity index is 1340. The van der Waals surface area contributed by atoms with E-state index in [2.05, 4.69) is 25.6 Å². The molecule has 2 aromatic carbocycles. The van der Waals surface area contributed by atoms with Crippen molar-refractivity contribution in [2.24, 2.45) is 0 Å². The zero-order valence-electron chi connectivity index (χ0n) is 16.0. The molecule has 12 heteroatoms. The maximum atomic E-state index is 14.2. The van der Waals surface area contributed by atoms with Gasteiger partial charge in [-0.05, 0) is 71.3 Å². The highest BCUT2D eigenvalue weighted by Crippen LogP contribution is 2.22. The summed E-state index contributed by atoms with van der Waals surface area (Å²) in [5.74, 6) is -0.600. The van der Waals surface area contributed by atoms with Crippen LogP contribution in [0, 0.1) is 12.7 Å². The Labute approximate surface area is 180 Å². The second-order valence-corrected chi connectivity index (χ2v) is 9.23. The van der Waals surface area contributed by atoms with Gasteiger partial charge >= 0.3 is 0 Å². The number of thiophene rings is 1. The molecule has 2 aromatic heterocycles. The standard InChI is InChI=1S/C19H15FN6O3S2/c1-12-22-24-25-26(12)17-11-15(8-9-16(17)20)21-19(27)13-4-6-14(7-5-13)23-31(28,29)18-3-2-10-30-18/h2-11,23H,1H3,(H,21,27). The first-order chi connectivity index (χ1) is 14.8. The van der Waals surface area contributed by atoms with E-state index in [1.165, 1.54) is 53.2 Å². The van der Waals surface area contributed by atoms with Crippen LogP contribution in [0.25, 0.3) is 5.69 Å². The maximum absolute atomic E-state index is 14.2. The average Bonchev–Trinajstić information content (AvgIpc) is 3.42. The van der Waals surface area contributed by atoms with E-state index in [1.807, 2.05) is 0 Å². The molecule has 0 radical (unpaired) electrons. The van der Waals surface area contributed by atoms with Crippen LogP contribution in [0.3, 0.4) is 0 Å². The molecule has 0 saturated carbocycles. The van der Waals surface area contributed by atoms with Crippen molar-refractivity contribution in [2.75, 3.05) is 10.0 Å². The molecule has 0 fully saturated rings. The third-order valence-electron chi connectivity index (χ3n) is 4.22. The van der Waals surface area contributed by atoms with Gasteiger partial charge in [-0.1, -0.05) is 6.07 Å². The maximum Gasteiger partial charge on any atom is 0.271 e. The molecular formula is C19H15FN6O3S2. The van der Waals surface area contributed by atoms with Crippen molar-refractivity contribution in [1.82, 2.24) is 20.2 Å². The number of amides is 1. The molecule has 158 valence electrons. The van der Waals surface area contributed by atoms with E-state index in [9.17, 15) is 17.6 Å². The number of carbonyl (C=O) groups is 1. The number of aromatic nitrogens is 4. The summed E-state index contributed by atoms with van der Waals surface area (Å²) in [5.41, 5.74) is 1.06. The molecule has 4 rings (SSSR count). The molecule has 0 aliphatic carbocycles. The van der Waals surface area contributed by atoms with Gasteiger partial charge in [-0.2, -0.15) is 4.68 Å². The number of benzene rings is 2. The number of hydrogen-bond donors (Lipinski definition) is 2. The van der Waals surface area contributed by atoms with Gasteiger partial charge in [0.1, 0.15) is 15.7 Å². The highest BCUT2D eigenvalue weighted by Gasteiger charge is 2.16. The van der Waals surface area contributed by atoms with E-state index in [-0.39, 0.29) is 9.90 Å². The van der Waals surface area contributed by atoms with E-state index in [4.69, 9.17) is 0 Å². The van der Waals surface area contributed by atoms with Crippen LogP contribution in [0.2, 0.25) is 0 Å². The fourth-order valence-corrected chi connectivity index (χ4v) is 4.77. The zero-order chi connectivity index (χ0) is 22.0. The molecule has 0 bridgehead atoms. The number of nitrogens with one attached hydrogen (secondary N) is 2. The minimum Gasteiger partial charge on any atom is -0.322 e. The Morgan fingerprint density at radius 3 is 2.48 bits per heavy atom. The van der Waals surface area contributed by atoms with Crippen molar-refractivity contribution < 1.29 is 17.6 Å². The second kappa shape index (κ2) is 8.24. The smallest absolute Gasteiger partial charge is 0.271 e. The van der Waals surface area contributed by atoms with E-state index in [0.717, 1.165) is 11.3 Å². The van der Waals surface area contributed by atoms with E-state index >= 15 is 0 Å². The van der Waals surface area contributed by atoms with E-state index in [0.29, 0.717) is 22.8 Å². The van der Waals surface area contributed by atoms with Gasteiger partial charge in [-0.3, -0.25) is 9.52 Å². The lowest BCUT2D eigenvalue weighted by molar-refractivity contribution is 0.102. The quantitative estimate of drug-likeness (QED) is 0.458. The molecule has 2 heterocycles. The fourth-order valence-electron chi connectivity index (χ4n) is 2.72. The largest absolute Gasteiger partial charge is 0.322 e. The normalized spacial score (nSPS) is 11.3. The van der Waals surface area contributed by atoms with E-state index in [1.54, 1.807) is 18.4 Å². The minimum atomic E-state index is -3.67. The van der Waals surface area contributed by atoms with Crippen LogP contribution in [-0.2, 0) is 10.0 Å². The third-order valence-corrected chi connectivity index (χ3v) is 7.00. The Hall–Kier alpha value is -3.64. The van der Waals surface area contributed by atoms with Gasteiger partial charge in [0.15, 0.2) is 5.82 Å². The van der Waals surface area contributed by atoms with Crippen LogP contribution in [-0.4, -0.2) is 34.5 Å². The van der Waals surface area contributed by atoms with Crippen LogP contribution >= 0.6 is 11.3 Å². The highest BCUT2D eigenvalue weighted by molar-refractivity contribution is 7.94. The number of halogens is 1. The first kappa shape index (κ1) is 20.6. The summed E-state index contributed by atoms with van der Waals surface area (Å²) in [6, 6.07) is 13.1. The SMILES string of the molecule is Cc1nnnn1-c1cc(NC(=O)c2ccc(NS(=O)(=O)c3cccs3)cc2)ccc1F. The summed E-state index contributed by atoms with van der Waals surface area (Å²) >= 11 is 1.11. The van der Waals surface area contributed by atoms with Crippen molar-refractivity contribution in [3.8, 4) is 5.69 Å². The minimum absolute atomic E-state index is 0.0960. The molecule has 0 aliphatic rings. The van der Waals surface area contributed by atoms with Crippen LogP contribution in [0.15, 0.2) is 64.2 Å².